The van der Waals surface area contributed by atoms with Gasteiger partial charge in [-0.25, -0.2) is 0 Å². The van der Waals surface area contributed by atoms with Crippen LogP contribution in [0, 0.1) is 5.92 Å². The van der Waals surface area contributed by atoms with Crippen molar-refractivity contribution in [1.82, 2.24) is 4.98 Å². The maximum absolute atomic E-state index is 5.86. The number of hydrogen-bond acceptors (Lipinski definition) is 3. The van der Waals surface area contributed by atoms with Crippen molar-refractivity contribution in [2.24, 2.45) is 5.92 Å². The van der Waals surface area contributed by atoms with Gasteiger partial charge in [-0.3, -0.25) is 0 Å². The third kappa shape index (κ3) is 2.23. The smallest absolute Gasteiger partial charge is 0.161 e. The number of aromatic nitrogens is 1. The molecule has 0 unspecified atom stereocenters. The first kappa shape index (κ1) is 13.2. The van der Waals surface area contributed by atoms with Gasteiger partial charge in [0.25, 0.3) is 0 Å². The quantitative estimate of drug-likeness (QED) is 0.920. The monoisotopic (exact) mass is 287 g/mol. The summed E-state index contributed by atoms with van der Waals surface area (Å²) in [6.45, 7) is 1.63. The van der Waals surface area contributed by atoms with E-state index in [4.69, 9.17) is 14.2 Å². The van der Waals surface area contributed by atoms with Gasteiger partial charge in [0, 0.05) is 29.6 Å². The van der Waals surface area contributed by atoms with Gasteiger partial charge in [-0.1, -0.05) is 0 Å². The van der Waals surface area contributed by atoms with E-state index in [2.05, 4.69) is 23.3 Å². The Hall–Kier alpha value is -1.52. The van der Waals surface area contributed by atoms with Gasteiger partial charge in [0.05, 0.1) is 13.7 Å². The topological polar surface area (TPSA) is 43.5 Å². The van der Waals surface area contributed by atoms with E-state index in [1.165, 1.54) is 16.5 Å². The Kier molecular flexibility index (Phi) is 3.36. The van der Waals surface area contributed by atoms with Crippen LogP contribution in [0.3, 0.4) is 0 Å². The highest BCUT2D eigenvalue weighted by atomic mass is 16.7. The molecule has 4 rings (SSSR count). The molecule has 3 heterocycles. The van der Waals surface area contributed by atoms with Crippen LogP contribution in [0.2, 0.25) is 0 Å². The third-order valence-corrected chi connectivity index (χ3v) is 4.86. The molecule has 0 aliphatic carbocycles. The van der Waals surface area contributed by atoms with Crippen molar-refractivity contribution in [3.63, 3.8) is 0 Å². The number of rotatable bonds is 2. The predicted octanol–water partition coefficient (Wildman–Crippen LogP) is 3.43. The van der Waals surface area contributed by atoms with Crippen LogP contribution in [0.4, 0.5) is 0 Å². The maximum atomic E-state index is 5.86. The summed E-state index contributed by atoms with van der Waals surface area (Å²) in [7, 11) is 1.72. The normalized spacial score (nSPS) is 29.3. The largest absolute Gasteiger partial charge is 0.497 e. The van der Waals surface area contributed by atoms with Crippen LogP contribution >= 0.6 is 0 Å². The van der Waals surface area contributed by atoms with E-state index in [0.717, 1.165) is 38.2 Å². The van der Waals surface area contributed by atoms with Gasteiger partial charge in [0.1, 0.15) is 5.75 Å². The van der Waals surface area contributed by atoms with Crippen molar-refractivity contribution >= 4 is 10.9 Å². The highest BCUT2D eigenvalue weighted by molar-refractivity contribution is 5.85. The second kappa shape index (κ2) is 5.35. The summed E-state index contributed by atoms with van der Waals surface area (Å²) in [5.41, 5.74) is 2.56. The van der Waals surface area contributed by atoms with Crippen LogP contribution in [0.5, 0.6) is 5.75 Å². The van der Waals surface area contributed by atoms with Crippen LogP contribution < -0.4 is 4.74 Å². The van der Waals surface area contributed by atoms with Crippen LogP contribution in [0.1, 0.15) is 30.7 Å². The zero-order valence-electron chi connectivity index (χ0n) is 12.3. The molecule has 2 aromatic rings. The van der Waals surface area contributed by atoms with E-state index >= 15 is 0 Å². The molecule has 2 fully saturated rings. The van der Waals surface area contributed by atoms with Gasteiger partial charge in [-0.15, -0.1) is 0 Å². The first-order valence-electron chi connectivity index (χ1n) is 7.75. The number of nitrogens with one attached hydrogen (secondary N) is 1. The molecular formula is C17H21NO3. The molecule has 21 heavy (non-hydrogen) atoms. The summed E-state index contributed by atoms with van der Waals surface area (Å²) >= 11 is 0. The Morgan fingerprint density at radius 2 is 2.10 bits per heavy atom. The average Bonchev–Trinajstić information content (AvgIpc) is 3.10. The molecule has 2 aliphatic heterocycles. The number of aromatic amines is 1. The van der Waals surface area contributed by atoms with E-state index in [-0.39, 0.29) is 6.29 Å². The molecule has 1 aromatic carbocycles. The number of fused-ring (bicyclic) bond motifs is 2. The molecule has 0 bridgehead atoms. The first-order chi connectivity index (χ1) is 10.4. The van der Waals surface area contributed by atoms with Crippen molar-refractivity contribution in [3.05, 3.63) is 30.0 Å². The molecule has 4 nitrogen and oxygen atoms in total. The molecule has 1 aromatic heterocycles. The van der Waals surface area contributed by atoms with E-state index in [1.807, 2.05) is 6.07 Å². The highest BCUT2D eigenvalue weighted by Crippen LogP contribution is 2.43. The number of benzene rings is 1. The van der Waals surface area contributed by atoms with Gasteiger partial charge in [-0.2, -0.15) is 0 Å². The summed E-state index contributed by atoms with van der Waals surface area (Å²) in [6, 6.07) is 6.23. The Morgan fingerprint density at radius 1 is 1.19 bits per heavy atom. The van der Waals surface area contributed by atoms with Crippen LogP contribution in [-0.4, -0.2) is 31.6 Å². The SMILES string of the molecule is COc1ccc2[nH]cc([C@H]3CCCO[C@@H]4OCC[C@@H]43)c2c1. The lowest BCUT2D eigenvalue weighted by Crippen LogP contribution is -2.22. The molecular weight excluding hydrogens is 266 g/mol. The Bertz CT molecular complexity index is 636. The second-order valence-electron chi connectivity index (χ2n) is 5.97. The lowest BCUT2D eigenvalue weighted by molar-refractivity contribution is -0.126. The van der Waals surface area contributed by atoms with Crippen molar-refractivity contribution in [3.8, 4) is 5.75 Å². The average molecular weight is 287 g/mol. The molecule has 0 amide bonds. The van der Waals surface area contributed by atoms with Gasteiger partial charge in [0.2, 0.25) is 0 Å². The van der Waals surface area contributed by atoms with E-state index in [9.17, 15) is 0 Å². The van der Waals surface area contributed by atoms with Gasteiger partial charge < -0.3 is 19.2 Å². The second-order valence-corrected chi connectivity index (χ2v) is 5.97. The molecule has 0 spiro atoms. The molecule has 0 saturated carbocycles. The fourth-order valence-electron chi connectivity index (χ4n) is 3.80. The fraction of sp³-hybridized carbons (Fsp3) is 0.529. The van der Waals surface area contributed by atoms with Gasteiger partial charge in [-0.05, 0) is 48.9 Å². The molecule has 3 atom stereocenters. The third-order valence-electron chi connectivity index (χ3n) is 4.86. The van der Waals surface area contributed by atoms with Gasteiger partial charge >= 0.3 is 0 Å². The van der Waals surface area contributed by atoms with Gasteiger partial charge in [0.15, 0.2) is 6.29 Å². The van der Waals surface area contributed by atoms with Crippen molar-refractivity contribution in [1.29, 1.82) is 0 Å². The van der Waals surface area contributed by atoms with Crippen molar-refractivity contribution in [2.45, 2.75) is 31.5 Å². The van der Waals surface area contributed by atoms with Crippen LogP contribution in [0.15, 0.2) is 24.4 Å². The Balaban J connectivity index is 1.77. The minimum Gasteiger partial charge on any atom is -0.497 e. The zero-order chi connectivity index (χ0) is 14.2. The minimum absolute atomic E-state index is 0.0203. The molecule has 1 N–H and O–H groups in total. The fourth-order valence-corrected chi connectivity index (χ4v) is 3.80. The number of hydrogen-bond donors (Lipinski definition) is 1. The molecule has 2 saturated heterocycles. The predicted molar refractivity (Wildman–Crippen MR) is 80.6 cm³/mol. The first-order valence-corrected chi connectivity index (χ1v) is 7.75. The number of methoxy groups -OCH3 is 1. The summed E-state index contributed by atoms with van der Waals surface area (Å²) in [5.74, 6) is 1.88. The van der Waals surface area contributed by atoms with Crippen molar-refractivity contribution in [2.75, 3.05) is 20.3 Å². The zero-order valence-corrected chi connectivity index (χ0v) is 12.3. The van der Waals surface area contributed by atoms with E-state index in [1.54, 1.807) is 7.11 Å². The molecule has 112 valence electrons. The molecule has 4 heteroatoms. The highest BCUT2D eigenvalue weighted by Gasteiger charge is 2.38. The summed E-state index contributed by atoms with van der Waals surface area (Å²) in [5, 5.41) is 1.27. The summed E-state index contributed by atoms with van der Waals surface area (Å²) in [6.07, 6.45) is 5.49. The summed E-state index contributed by atoms with van der Waals surface area (Å²) < 4.78 is 17.0. The maximum Gasteiger partial charge on any atom is 0.161 e. The van der Waals surface area contributed by atoms with E-state index < -0.39 is 0 Å². The standard InChI is InChI=1S/C17H21NO3/c1-19-11-4-5-16-14(9-11)15(10-18-16)12-3-2-7-20-17-13(12)6-8-21-17/h4-5,9-10,12-13,17-18H,2-3,6-8H2,1H3/t12-,13+,17+/m0/s1. The molecule has 2 aliphatic rings. The van der Waals surface area contributed by atoms with Crippen LogP contribution in [0.25, 0.3) is 10.9 Å². The summed E-state index contributed by atoms with van der Waals surface area (Å²) in [4.78, 5) is 3.40. The van der Waals surface area contributed by atoms with Crippen LogP contribution in [-0.2, 0) is 9.47 Å². The van der Waals surface area contributed by atoms with E-state index in [0.29, 0.717) is 11.8 Å². The van der Waals surface area contributed by atoms with Crippen molar-refractivity contribution < 1.29 is 14.2 Å². The lowest BCUT2D eigenvalue weighted by Gasteiger charge is -2.23. The lowest BCUT2D eigenvalue weighted by atomic mass is 9.82. The number of ether oxygens (including phenoxy) is 3. The number of H-pyrrole nitrogens is 1. The Labute approximate surface area is 124 Å². The Morgan fingerprint density at radius 3 is 3.00 bits per heavy atom. The minimum atomic E-state index is -0.0203. The molecule has 0 radical (unpaired) electrons.